The molecule has 1 aromatic rings. The molecule has 1 aromatic carbocycles. The maximum absolute atomic E-state index is 12.8. The molecule has 2 aliphatic heterocycles. The molecule has 1 saturated heterocycles. The molecule has 136 valence electrons. The smallest absolute Gasteiger partial charge is 0.264 e. The monoisotopic (exact) mass is 359 g/mol. The quantitative estimate of drug-likeness (QED) is 0.581. The van der Waals surface area contributed by atoms with Gasteiger partial charge >= 0.3 is 0 Å². The number of aliphatic hydroxyl groups is 1. The summed E-state index contributed by atoms with van der Waals surface area (Å²) in [7, 11) is 0. The molecule has 2 heterocycles. The third-order valence-electron chi connectivity index (χ3n) is 4.33. The summed E-state index contributed by atoms with van der Waals surface area (Å²) in [5, 5.41) is 13.7. The van der Waals surface area contributed by atoms with Gasteiger partial charge in [-0.3, -0.25) is 34.2 Å². The largest absolute Gasteiger partial charge is 0.396 e. The van der Waals surface area contributed by atoms with Gasteiger partial charge in [-0.05, 0) is 18.6 Å². The number of carbonyl (C=O) groups is 5. The van der Waals surface area contributed by atoms with Crippen LogP contribution in [0.4, 0.5) is 5.69 Å². The number of carbonyl (C=O) groups excluding carboxylic acids is 5. The normalized spacial score (nSPS) is 19.4. The maximum atomic E-state index is 12.8. The van der Waals surface area contributed by atoms with Gasteiger partial charge in [0.2, 0.25) is 11.8 Å². The SMILES string of the molecule is O=C(CCO)CNc1cccc2c1C(=O)N(C1CCC(=O)NC1=O)C2=O. The van der Waals surface area contributed by atoms with Crippen LogP contribution in [-0.4, -0.2) is 58.6 Å². The highest BCUT2D eigenvalue weighted by atomic mass is 16.3. The van der Waals surface area contributed by atoms with Crippen molar-refractivity contribution in [1.29, 1.82) is 0 Å². The summed E-state index contributed by atoms with van der Waals surface area (Å²) in [6.45, 7) is -0.370. The van der Waals surface area contributed by atoms with E-state index in [0.29, 0.717) is 5.69 Å². The number of nitrogens with one attached hydrogen (secondary N) is 2. The molecule has 2 aliphatic rings. The summed E-state index contributed by atoms with van der Waals surface area (Å²) < 4.78 is 0. The van der Waals surface area contributed by atoms with Crippen LogP contribution < -0.4 is 10.6 Å². The highest BCUT2D eigenvalue weighted by molar-refractivity contribution is 6.25. The third-order valence-corrected chi connectivity index (χ3v) is 4.33. The van der Waals surface area contributed by atoms with Crippen LogP contribution in [0.25, 0.3) is 0 Å². The number of rotatable bonds is 6. The fourth-order valence-electron chi connectivity index (χ4n) is 3.07. The van der Waals surface area contributed by atoms with Crippen LogP contribution in [-0.2, 0) is 14.4 Å². The number of anilines is 1. The van der Waals surface area contributed by atoms with Crippen molar-refractivity contribution in [1.82, 2.24) is 10.2 Å². The van der Waals surface area contributed by atoms with Crippen LogP contribution in [0.5, 0.6) is 0 Å². The Hall–Kier alpha value is -3.07. The zero-order valence-electron chi connectivity index (χ0n) is 13.8. The Morgan fingerprint density at radius 2 is 2.00 bits per heavy atom. The number of benzene rings is 1. The van der Waals surface area contributed by atoms with Crippen molar-refractivity contribution in [3.8, 4) is 0 Å². The van der Waals surface area contributed by atoms with Crippen molar-refractivity contribution in [2.24, 2.45) is 0 Å². The lowest BCUT2D eigenvalue weighted by atomic mass is 10.0. The molecule has 1 atom stereocenters. The molecule has 26 heavy (non-hydrogen) atoms. The lowest BCUT2D eigenvalue weighted by Gasteiger charge is -2.27. The van der Waals surface area contributed by atoms with E-state index in [0.717, 1.165) is 4.90 Å². The Kier molecular flexibility index (Phi) is 4.81. The average Bonchev–Trinajstić information content (AvgIpc) is 2.85. The molecule has 3 N–H and O–H groups in total. The topological polar surface area (TPSA) is 133 Å². The van der Waals surface area contributed by atoms with Crippen LogP contribution >= 0.6 is 0 Å². The Labute approximate surface area is 148 Å². The van der Waals surface area contributed by atoms with Gasteiger partial charge in [0.05, 0.1) is 24.3 Å². The number of amides is 4. The van der Waals surface area contributed by atoms with E-state index >= 15 is 0 Å². The molecule has 0 bridgehead atoms. The van der Waals surface area contributed by atoms with Gasteiger partial charge in [0.1, 0.15) is 6.04 Å². The summed E-state index contributed by atoms with van der Waals surface area (Å²) in [6.07, 6.45) is 0.107. The first-order chi connectivity index (χ1) is 12.4. The molecule has 9 heteroatoms. The average molecular weight is 359 g/mol. The molecule has 0 aliphatic carbocycles. The van der Waals surface area contributed by atoms with Gasteiger partial charge in [-0.2, -0.15) is 0 Å². The predicted molar refractivity (Wildman–Crippen MR) is 88.3 cm³/mol. The van der Waals surface area contributed by atoms with Gasteiger partial charge < -0.3 is 10.4 Å². The highest BCUT2D eigenvalue weighted by Gasteiger charge is 2.45. The molecule has 0 saturated carbocycles. The summed E-state index contributed by atoms with van der Waals surface area (Å²) in [6, 6.07) is 3.56. The van der Waals surface area contributed by atoms with E-state index in [-0.39, 0.29) is 49.3 Å². The van der Waals surface area contributed by atoms with E-state index in [9.17, 15) is 24.0 Å². The van der Waals surface area contributed by atoms with E-state index in [1.54, 1.807) is 12.1 Å². The van der Waals surface area contributed by atoms with E-state index in [4.69, 9.17) is 5.11 Å². The number of ketones is 1. The maximum Gasteiger partial charge on any atom is 0.264 e. The lowest BCUT2D eigenvalue weighted by molar-refractivity contribution is -0.136. The predicted octanol–water partition coefficient (Wildman–Crippen LogP) is -0.549. The van der Waals surface area contributed by atoms with Gasteiger partial charge in [0.15, 0.2) is 5.78 Å². The second kappa shape index (κ2) is 7.04. The van der Waals surface area contributed by atoms with Crippen molar-refractivity contribution in [3.05, 3.63) is 29.3 Å². The van der Waals surface area contributed by atoms with Crippen molar-refractivity contribution in [2.75, 3.05) is 18.5 Å². The van der Waals surface area contributed by atoms with Crippen molar-refractivity contribution in [3.63, 3.8) is 0 Å². The second-order valence-corrected chi connectivity index (χ2v) is 6.04. The standard InChI is InChI=1S/C17H17N3O6/c21-7-6-9(22)8-18-11-3-1-2-10-14(11)17(26)20(16(10)25)12-4-5-13(23)19-15(12)24/h1-3,12,18,21H,4-8H2,(H,19,23,24). The zero-order valence-corrected chi connectivity index (χ0v) is 13.8. The summed E-state index contributed by atoms with van der Waals surface area (Å²) in [4.78, 5) is 61.2. The molecule has 9 nitrogen and oxygen atoms in total. The van der Waals surface area contributed by atoms with E-state index in [1.165, 1.54) is 6.07 Å². The minimum atomic E-state index is -1.04. The lowest BCUT2D eigenvalue weighted by Crippen LogP contribution is -2.54. The number of nitrogens with zero attached hydrogens (tertiary/aromatic N) is 1. The number of piperidine rings is 1. The Morgan fingerprint density at radius 3 is 2.69 bits per heavy atom. The number of Topliss-reactive ketones (excluding diaryl/α,β-unsaturated/α-hetero) is 1. The van der Waals surface area contributed by atoms with Gasteiger partial charge in [0, 0.05) is 18.5 Å². The second-order valence-electron chi connectivity index (χ2n) is 6.04. The van der Waals surface area contributed by atoms with Crippen molar-refractivity contribution in [2.45, 2.75) is 25.3 Å². The van der Waals surface area contributed by atoms with Crippen LogP contribution in [0.3, 0.4) is 0 Å². The van der Waals surface area contributed by atoms with Crippen LogP contribution in [0.1, 0.15) is 40.0 Å². The molecular formula is C17H17N3O6. The van der Waals surface area contributed by atoms with Gasteiger partial charge in [-0.15, -0.1) is 0 Å². The first-order valence-corrected chi connectivity index (χ1v) is 8.15. The molecule has 0 spiro atoms. The first kappa shape index (κ1) is 17.7. The van der Waals surface area contributed by atoms with Gasteiger partial charge in [-0.25, -0.2) is 0 Å². The minimum absolute atomic E-state index is 0.0166. The number of hydrogen-bond donors (Lipinski definition) is 3. The van der Waals surface area contributed by atoms with Crippen molar-refractivity contribution < 1.29 is 29.1 Å². The summed E-state index contributed by atoms with van der Waals surface area (Å²) in [5.74, 6) is -2.61. The highest BCUT2D eigenvalue weighted by Crippen LogP contribution is 2.32. The third kappa shape index (κ3) is 3.08. The summed E-state index contributed by atoms with van der Waals surface area (Å²) in [5.41, 5.74) is 0.542. The first-order valence-electron chi connectivity index (χ1n) is 8.15. The van der Waals surface area contributed by atoms with Gasteiger partial charge in [0.25, 0.3) is 11.8 Å². The number of imide groups is 2. The molecular weight excluding hydrogens is 342 g/mol. The summed E-state index contributed by atoms with van der Waals surface area (Å²) >= 11 is 0. The van der Waals surface area contributed by atoms with Gasteiger partial charge in [-0.1, -0.05) is 6.07 Å². The number of aliphatic hydroxyl groups excluding tert-OH is 1. The van der Waals surface area contributed by atoms with Crippen LogP contribution in [0.2, 0.25) is 0 Å². The van der Waals surface area contributed by atoms with E-state index in [1.807, 2.05) is 0 Å². The Bertz CT molecular complexity index is 819. The minimum Gasteiger partial charge on any atom is -0.396 e. The number of hydrogen-bond acceptors (Lipinski definition) is 7. The molecule has 1 unspecified atom stereocenters. The van der Waals surface area contributed by atoms with E-state index < -0.39 is 29.7 Å². The molecule has 4 amide bonds. The van der Waals surface area contributed by atoms with E-state index in [2.05, 4.69) is 10.6 Å². The molecule has 0 radical (unpaired) electrons. The Morgan fingerprint density at radius 1 is 1.23 bits per heavy atom. The number of fused-ring (bicyclic) bond motifs is 1. The zero-order chi connectivity index (χ0) is 18.8. The molecule has 3 rings (SSSR count). The Balaban J connectivity index is 1.86. The van der Waals surface area contributed by atoms with Crippen LogP contribution in [0.15, 0.2) is 18.2 Å². The fourth-order valence-corrected chi connectivity index (χ4v) is 3.07. The molecule has 0 aromatic heterocycles. The molecule has 1 fully saturated rings. The van der Waals surface area contributed by atoms with Crippen LogP contribution in [0, 0.1) is 0 Å². The van der Waals surface area contributed by atoms with Crippen molar-refractivity contribution >= 4 is 35.1 Å². The fraction of sp³-hybridized carbons (Fsp3) is 0.353.